The quantitative estimate of drug-likeness (QED) is 0.499. The number of thiazole rings is 1. The second kappa shape index (κ2) is 7.97. The van der Waals surface area contributed by atoms with Crippen molar-refractivity contribution in [2.24, 2.45) is 0 Å². The number of aromatic hydroxyl groups is 1. The molecule has 0 spiro atoms. The maximum absolute atomic E-state index is 12.5. The highest BCUT2D eigenvalue weighted by Gasteiger charge is 2.14. The second-order valence-corrected chi connectivity index (χ2v) is 6.98. The smallest absolute Gasteiger partial charge is 0.221 e. The summed E-state index contributed by atoms with van der Waals surface area (Å²) >= 11 is 1.33. The number of aryl methyl sites for hydroxylation is 1. The van der Waals surface area contributed by atoms with E-state index in [-0.39, 0.29) is 17.4 Å². The number of rotatable bonds is 5. The highest BCUT2D eigenvalue weighted by molar-refractivity contribution is 7.17. The molecule has 0 radical (unpaired) electrons. The van der Waals surface area contributed by atoms with Crippen LogP contribution in [0.5, 0.6) is 5.75 Å². The first-order chi connectivity index (χ1) is 12.9. The molecule has 6 heteroatoms. The van der Waals surface area contributed by atoms with Gasteiger partial charge in [-0.3, -0.25) is 9.59 Å². The number of carbonyl (C=O) groups excluding carboxylic acids is 2. The van der Waals surface area contributed by atoms with E-state index in [4.69, 9.17) is 0 Å². The molecule has 27 heavy (non-hydrogen) atoms. The van der Waals surface area contributed by atoms with Gasteiger partial charge in [-0.15, -0.1) is 11.3 Å². The lowest BCUT2D eigenvalue weighted by molar-refractivity contribution is -0.114. The Bertz CT molecular complexity index is 1000. The Kier molecular flexibility index (Phi) is 5.47. The molecule has 0 bridgehead atoms. The summed E-state index contributed by atoms with van der Waals surface area (Å²) in [6, 6.07) is 14.0. The largest absolute Gasteiger partial charge is 0.508 e. The number of ketones is 1. The van der Waals surface area contributed by atoms with Gasteiger partial charge in [-0.1, -0.05) is 18.2 Å². The summed E-state index contributed by atoms with van der Waals surface area (Å²) in [6.45, 7) is 3.26. The molecule has 0 atom stereocenters. The van der Waals surface area contributed by atoms with E-state index in [0.717, 1.165) is 16.1 Å². The molecule has 2 aromatic carbocycles. The minimum Gasteiger partial charge on any atom is -0.508 e. The molecule has 136 valence electrons. The molecule has 0 saturated heterocycles. The third-order valence-corrected chi connectivity index (χ3v) is 5.01. The molecule has 1 heterocycles. The Hall–Kier alpha value is -3.25. The molecule has 1 aromatic heterocycles. The Labute approximate surface area is 161 Å². The molecular formula is C21H18N2O3S. The van der Waals surface area contributed by atoms with Gasteiger partial charge in [0.1, 0.15) is 10.8 Å². The average Bonchev–Trinajstić information content (AvgIpc) is 3.03. The topological polar surface area (TPSA) is 79.3 Å². The number of amides is 1. The average molecular weight is 378 g/mol. The second-order valence-electron chi connectivity index (χ2n) is 5.98. The van der Waals surface area contributed by atoms with E-state index in [0.29, 0.717) is 16.3 Å². The minimum absolute atomic E-state index is 0.110. The lowest BCUT2D eigenvalue weighted by Gasteiger charge is -2.01. The van der Waals surface area contributed by atoms with E-state index in [1.54, 1.807) is 42.5 Å². The number of anilines is 1. The van der Waals surface area contributed by atoms with Crippen LogP contribution in [0, 0.1) is 6.92 Å². The number of allylic oxidation sites excluding steroid dienone is 1. The van der Waals surface area contributed by atoms with E-state index in [1.807, 2.05) is 19.1 Å². The van der Waals surface area contributed by atoms with Crippen LogP contribution in [0.1, 0.15) is 27.9 Å². The number of phenolic OH excluding ortho intramolecular Hbond substituents is 1. The van der Waals surface area contributed by atoms with Gasteiger partial charge in [-0.25, -0.2) is 4.98 Å². The molecule has 0 unspecified atom stereocenters. The number of nitrogens with one attached hydrogen (secondary N) is 1. The maximum Gasteiger partial charge on any atom is 0.221 e. The fourth-order valence-electron chi connectivity index (χ4n) is 2.48. The third kappa shape index (κ3) is 4.68. The van der Waals surface area contributed by atoms with Gasteiger partial charge in [0.15, 0.2) is 5.78 Å². The number of carbonyl (C=O) groups is 2. The molecule has 3 rings (SSSR count). The monoisotopic (exact) mass is 378 g/mol. The van der Waals surface area contributed by atoms with Crippen LogP contribution in [-0.4, -0.2) is 21.8 Å². The zero-order chi connectivity index (χ0) is 19.4. The maximum atomic E-state index is 12.5. The van der Waals surface area contributed by atoms with Gasteiger partial charge in [-0.05, 0) is 55.0 Å². The molecule has 0 aliphatic heterocycles. The van der Waals surface area contributed by atoms with Crippen LogP contribution >= 0.6 is 11.3 Å². The van der Waals surface area contributed by atoms with Crippen molar-refractivity contribution in [3.63, 3.8) is 0 Å². The predicted molar refractivity (Wildman–Crippen MR) is 108 cm³/mol. The molecule has 2 N–H and O–H groups in total. The van der Waals surface area contributed by atoms with Crippen LogP contribution < -0.4 is 5.32 Å². The summed E-state index contributed by atoms with van der Waals surface area (Å²) in [5, 5.41) is 12.8. The standard InChI is InChI=1S/C21H18N2O3S/c1-13-20(27-21(22-13)16-6-10-18(25)11-7-16)19(26)12-5-15-3-8-17(9-4-15)23-14(2)24/h3-12,25H,1-2H3,(H,23,24)/b12-5+. The van der Waals surface area contributed by atoms with Crippen molar-refractivity contribution in [3.05, 3.63) is 70.7 Å². The molecular weight excluding hydrogens is 360 g/mol. The van der Waals surface area contributed by atoms with E-state index in [1.165, 1.54) is 24.3 Å². The molecule has 1 amide bonds. The van der Waals surface area contributed by atoms with Crippen LogP contribution in [0.25, 0.3) is 16.6 Å². The van der Waals surface area contributed by atoms with Crippen molar-refractivity contribution in [1.82, 2.24) is 4.98 Å². The van der Waals surface area contributed by atoms with Crippen LogP contribution in [0.4, 0.5) is 5.69 Å². The van der Waals surface area contributed by atoms with Crippen LogP contribution in [-0.2, 0) is 4.79 Å². The van der Waals surface area contributed by atoms with Crippen LogP contribution in [0.2, 0.25) is 0 Å². The van der Waals surface area contributed by atoms with Gasteiger partial charge >= 0.3 is 0 Å². The fourth-order valence-corrected chi connectivity index (χ4v) is 3.47. The van der Waals surface area contributed by atoms with Gasteiger partial charge in [-0.2, -0.15) is 0 Å². The molecule has 0 saturated carbocycles. The molecule has 0 aliphatic carbocycles. The van der Waals surface area contributed by atoms with E-state index in [2.05, 4.69) is 10.3 Å². The van der Waals surface area contributed by atoms with Gasteiger partial charge in [0, 0.05) is 18.2 Å². The van der Waals surface area contributed by atoms with Crippen molar-refractivity contribution >= 4 is 34.8 Å². The van der Waals surface area contributed by atoms with Gasteiger partial charge < -0.3 is 10.4 Å². The zero-order valence-electron chi connectivity index (χ0n) is 14.9. The number of benzene rings is 2. The van der Waals surface area contributed by atoms with Crippen LogP contribution in [0.15, 0.2) is 54.6 Å². The number of hydrogen-bond acceptors (Lipinski definition) is 5. The normalized spacial score (nSPS) is 10.9. The zero-order valence-corrected chi connectivity index (χ0v) is 15.7. The summed E-state index contributed by atoms with van der Waals surface area (Å²) in [7, 11) is 0. The summed E-state index contributed by atoms with van der Waals surface area (Å²) < 4.78 is 0. The SMILES string of the molecule is CC(=O)Nc1ccc(/C=C/C(=O)c2sc(-c3ccc(O)cc3)nc2C)cc1. The van der Waals surface area contributed by atoms with Crippen molar-refractivity contribution in [2.75, 3.05) is 5.32 Å². The Morgan fingerprint density at radius 3 is 2.37 bits per heavy atom. The van der Waals surface area contributed by atoms with Crippen LogP contribution in [0.3, 0.4) is 0 Å². The Morgan fingerprint density at radius 1 is 1.07 bits per heavy atom. The van der Waals surface area contributed by atoms with Crippen molar-refractivity contribution in [1.29, 1.82) is 0 Å². The molecule has 3 aromatic rings. The summed E-state index contributed by atoms with van der Waals surface area (Å²) in [4.78, 5) is 28.6. The van der Waals surface area contributed by atoms with Gasteiger partial charge in [0.2, 0.25) is 5.91 Å². The van der Waals surface area contributed by atoms with Crippen molar-refractivity contribution in [3.8, 4) is 16.3 Å². The molecule has 0 aliphatic rings. The third-order valence-electron chi connectivity index (χ3n) is 3.79. The van der Waals surface area contributed by atoms with E-state index >= 15 is 0 Å². The highest BCUT2D eigenvalue weighted by atomic mass is 32.1. The first kappa shape index (κ1) is 18.5. The lowest BCUT2D eigenvalue weighted by Crippen LogP contribution is -2.05. The first-order valence-corrected chi connectivity index (χ1v) is 9.11. The lowest BCUT2D eigenvalue weighted by atomic mass is 10.1. The van der Waals surface area contributed by atoms with E-state index < -0.39 is 0 Å². The number of hydrogen-bond donors (Lipinski definition) is 2. The first-order valence-electron chi connectivity index (χ1n) is 8.29. The highest BCUT2D eigenvalue weighted by Crippen LogP contribution is 2.29. The summed E-state index contributed by atoms with van der Waals surface area (Å²) in [5.74, 6) is -0.0460. The summed E-state index contributed by atoms with van der Waals surface area (Å²) in [5.41, 5.74) is 3.11. The van der Waals surface area contributed by atoms with Gasteiger partial charge in [0.25, 0.3) is 0 Å². The number of phenols is 1. The Morgan fingerprint density at radius 2 is 1.74 bits per heavy atom. The Balaban J connectivity index is 1.75. The summed E-state index contributed by atoms with van der Waals surface area (Å²) in [6.07, 6.45) is 3.26. The van der Waals surface area contributed by atoms with Crippen molar-refractivity contribution in [2.45, 2.75) is 13.8 Å². The van der Waals surface area contributed by atoms with Gasteiger partial charge in [0.05, 0.1) is 10.6 Å². The predicted octanol–water partition coefficient (Wildman–Crippen LogP) is 4.68. The van der Waals surface area contributed by atoms with E-state index in [9.17, 15) is 14.7 Å². The molecule has 5 nitrogen and oxygen atoms in total. The minimum atomic E-state index is -0.126. The fraction of sp³-hybridized carbons (Fsp3) is 0.0952. The number of aromatic nitrogens is 1. The van der Waals surface area contributed by atoms with Crippen molar-refractivity contribution < 1.29 is 14.7 Å². The number of nitrogens with zero attached hydrogens (tertiary/aromatic N) is 1. The molecule has 0 fully saturated rings.